The molecule has 1 aromatic carbocycles. The van der Waals surface area contributed by atoms with Crippen molar-refractivity contribution in [3.8, 4) is 0 Å². The number of carbonyl (C=O) groups is 2. The molecule has 2 rings (SSSR count). The van der Waals surface area contributed by atoms with Gasteiger partial charge in [-0.2, -0.15) is 0 Å². The summed E-state index contributed by atoms with van der Waals surface area (Å²) in [5.74, 6) is -0.568. The predicted molar refractivity (Wildman–Crippen MR) is 88.5 cm³/mol. The molecule has 24 heavy (non-hydrogen) atoms. The second-order valence-corrected chi connectivity index (χ2v) is 5.36. The number of benzene rings is 1. The van der Waals surface area contributed by atoms with E-state index in [0.29, 0.717) is 5.15 Å². The molecule has 7 heteroatoms. The first-order valence-electron chi connectivity index (χ1n) is 7.24. The van der Waals surface area contributed by atoms with Gasteiger partial charge in [-0.1, -0.05) is 48.0 Å². The Morgan fingerprint density at radius 2 is 1.92 bits per heavy atom. The van der Waals surface area contributed by atoms with Crippen LogP contribution in [0.25, 0.3) is 0 Å². The number of hydrogen-bond acceptors (Lipinski definition) is 5. The van der Waals surface area contributed by atoms with Gasteiger partial charge in [-0.15, -0.1) is 0 Å². The molecule has 1 amide bonds. The van der Waals surface area contributed by atoms with Gasteiger partial charge in [0.15, 0.2) is 0 Å². The smallest absolute Gasteiger partial charge is 0.408 e. The van der Waals surface area contributed by atoms with Gasteiger partial charge in [-0.25, -0.2) is 14.6 Å². The molecule has 0 aliphatic rings. The third-order valence-corrected chi connectivity index (χ3v) is 3.44. The van der Waals surface area contributed by atoms with E-state index in [-0.39, 0.29) is 13.0 Å². The van der Waals surface area contributed by atoms with Gasteiger partial charge in [0.2, 0.25) is 0 Å². The van der Waals surface area contributed by atoms with Gasteiger partial charge in [0.25, 0.3) is 0 Å². The van der Waals surface area contributed by atoms with Crippen molar-refractivity contribution >= 4 is 23.7 Å². The molecule has 6 nitrogen and oxygen atoms in total. The quantitative estimate of drug-likeness (QED) is 0.641. The van der Waals surface area contributed by atoms with Crippen molar-refractivity contribution in [2.45, 2.75) is 19.1 Å². The summed E-state index contributed by atoms with van der Waals surface area (Å²) >= 11 is 5.73. The van der Waals surface area contributed by atoms with Crippen molar-refractivity contribution in [2.24, 2.45) is 0 Å². The van der Waals surface area contributed by atoms with Crippen molar-refractivity contribution in [2.75, 3.05) is 7.11 Å². The molecule has 1 heterocycles. The topological polar surface area (TPSA) is 77.5 Å². The first-order chi connectivity index (χ1) is 11.6. The lowest BCUT2D eigenvalue weighted by atomic mass is 10.1. The van der Waals surface area contributed by atoms with E-state index in [1.54, 1.807) is 12.1 Å². The van der Waals surface area contributed by atoms with Gasteiger partial charge < -0.3 is 14.8 Å². The fourth-order valence-electron chi connectivity index (χ4n) is 2.01. The van der Waals surface area contributed by atoms with Crippen molar-refractivity contribution in [1.29, 1.82) is 0 Å². The van der Waals surface area contributed by atoms with Crippen LogP contribution in [0.1, 0.15) is 11.1 Å². The third-order valence-electron chi connectivity index (χ3n) is 3.22. The number of alkyl carbamates (subject to hydrolysis) is 1. The number of pyridine rings is 1. The summed E-state index contributed by atoms with van der Waals surface area (Å²) in [5.41, 5.74) is 1.59. The number of ether oxygens (including phenoxy) is 2. The lowest BCUT2D eigenvalue weighted by molar-refractivity contribution is -0.143. The second-order valence-electron chi connectivity index (χ2n) is 4.98. The van der Waals surface area contributed by atoms with E-state index >= 15 is 0 Å². The number of aromatic nitrogens is 1. The van der Waals surface area contributed by atoms with Gasteiger partial charge >= 0.3 is 12.1 Å². The molecule has 2 aromatic rings. The molecule has 0 radical (unpaired) electrons. The summed E-state index contributed by atoms with van der Waals surface area (Å²) in [6, 6.07) is 11.7. The van der Waals surface area contributed by atoms with E-state index in [1.807, 2.05) is 30.3 Å². The minimum Gasteiger partial charge on any atom is -0.467 e. The summed E-state index contributed by atoms with van der Waals surface area (Å²) in [6.45, 7) is 0.114. The number of halogens is 1. The number of methoxy groups -OCH3 is 1. The van der Waals surface area contributed by atoms with Crippen LogP contribution in [0, 0.1) is 0 Å². The highest BCUT2D eigenvalue weighted by molar-refractivity contribution is 6.29. The molecule has 0 saturated carbocycles. The van der Waals surface area contributed by atoms with E-state index in [2.05, 4.69) is 10.3 Å². The van der Waals surface area contributed by atoms with Crippen LogP contribution < -0.4 is 5.32 Å². The number of hydrogen-bond donors (Lipinski definition) is 1. The number of rotatable bonds is 6. The lowest BCUT2D eigenvalue weighted by Crippen LogP contribution is -2.43. The zero-order valence-electron chi connectivity index (χ0n) is 13.1. The number of amides is 1. The molecule has 1 unspecified atom stereocenters. The van der Waals surface area contributed by atoms with E-state index in [1.165, 1.54) is 13.3 Å². The highest BCUT2D eigenvalue weighted by atomic mass is 35.5. The number of esters is 1. The van der Waals surface area contributed by atoms with Crippen LogP contribution in [0.3, 0.4) is 0 Å². The zero-order valence-corrected chi connectivity index (χ0v) is 13.8. The van der Waals surface area contributed by atoms with Gasteiger partial charge in [-0.3, -0.25) is 0 Å². The minimum atomic E-state index is -0.874. The van der Waals surface area contributed by atoms with Crippen molar-refractivity contribution in [3.05, 3.63) is 64.9 Å². The summed E-state index contributed by atoms with van der Waals surface area (Å²) in [6.07, 6.45) is 1.06. The molecule has 126 valence electrons. The van der Waals surface area contributed by atoms with Gasteiger partial charge in [-0.05, 0) is 17.2 Å². The Labute approximate surface area is 144 Å². The predicted octanol–water partition coefficient (Wildman–Crippen LogP) is 2.75. The molecular formula is C17H17ClN2O4. The largest absolute Gasteiger partial charge is 0.467 e. The van der Waals surface area contributed by atoms with Crippen LogP contribution in [-0.4, -0.2) is 30.2 Å². The zero-order chi connectivity index (χ0) is 17.4. The maximum absolute atomic E-state index is 11.9. The maximum atomic E-state index is 11.9. The molecular weight excluding hydrogens is 332 g/mol. The molecule has 0 aliphatic heterocycles. The summed E-state index contributed by atoms with van der Waals surface area (Å²) < 4.78 is 9.83. The van der Waals surface area contributed by atoms with Crippen molar-refractivity contribution < 1.29 is 19.1 Å². The van der Waals surface area contributed by atoms with E-state index in [9.17, 15) is 9.59 Å². The number of carbonyl (C=O) groups excluding carboxylic acids is 2. The Morgan fingerprint density at radius 3 is 2.54 bits per heavy atom. The SMILES string of the molecule is COC(=O)C(Cc1ccc(Cl)nc1)NC(=O)OCc1ccccc1. The summed E-state index contributed by atoms with van der Waals surface area (Å²) in [5, 5.41) is 2.86. The molecule has 1 atom stereocenters. The molecule has 0 fully saturated rings. The molecule has 1 aromatic heterocycles. The summed E-state index contributed by atoms with van der Waals surface area (Å²) in [4.78, 5) is 27.7. The Balaban J connectivity index is 1.93. The van der Waals surface area contributed by atoms with Crippen LogP contribution in [-0.2, 0) is 27.3 Å². The first kappa shape index (κ1) is 17.7. The molecule has 0 aliphatic carbocycles. The third kappa shape index (κ3) is 5.55. The van der Waals surface area contributed by atoms with Gasteiger partial charge in [0.1, 0.15) is 17.8 Å². The Hall–Kier alpha value is -2.60. The van der Waals surface area contributed by atoms with Gasteiger partial charge in [0, 0.05) is 12.6 Å². The first-order valence-corrected chi connectivity index (χ1v) is 7.61. The van der Waals surface area contributed by atoms with Crippen LogP contribution in [0.15, 0.2) is 48.7 Å². The molecule has 0 spiro atoms. The maximum Gasteiger partial charge on any atom is 0.408 e. The average Bonchev–Trinajstić information content (AvgIpc) is 2.61. The van der Waals surface area contributed by atoms with E-state index in [4.69, 9.17) is 21.1 Å². The standard InChI is InChI=1S/C17H17ClN2O4/c1-23-16(21)14(9-13-7-8-15(18)19-10-13)20-17(22)24-11-12-5-3-2-4-6-12/h2-8,10,14H,9,11H2,1H3,(H,20,22). The van der Waals surface area contributed by atoms with Crippen LogP contribution in [0.2, 0.25) is 5.15 Å². The van der Waals surface area contributed by atoms with Gasteiger partial charge in [0.05, 0.1) is 7.11 Å². The van der Waals surface area contributed by atoms with E-state index in [0.717, 1.165) is 11.1 Å². The minimum absolute atomic E-state index is 0.114. The lowest BCUT2D eigenvalue weighted by Gasteiger charge is -2.16. The Morgan fingerprint density at radius 1 is 1.17 bits per heavy atom. The number of nitrogens with one attached hydrogen (secondary N) is 1. The Bertz CT molecular complexity index is 677. The van der Waals surface area contributed by atoms with Crippen molar-refractivity contribution in [1.82, 2.24) is 10.3 Å². The van der Waals surface area contributed by atoms with E-state index < -0.39 is 18.1 Å². The molecule has 0 saturated heterocycles. The second kappa shape index (κ2) is 8.88. The molecule has 1 N–H and O–H groups in total. The number of nitrogens with zero attached hydrogens (tertiary/aromatic N) is 1. The Kier molecular flexibility index (Phi) is 6.57. The fraction of sp³-hybridized carbons (Fsp3) is 0.235. The van der Waals surface area contributed by atoms with Crippen LogP contribution in [0.5, 0.6) is 0 Å². The van der Waals surface area contributed by atoms with Crippen LogP contribution >= 0.6 is 11.6 Å². The molecule has 0 bridgehead atoms. The highest BCUT2D eigenvalue weighted by Gasteiger charge is 2.22. The highest BCUT2D eigenvalue weighted by Crippen LogP contribution is 2.09. The normalized spacial score (nSPS) is 11.4. The van der Waals surface area contributed by atoms with Crippen molar-refractivity contribution in [3.63, 3.8) is 0 Å². The summed E-state index contributed by atoms with van der Waals surface area (Å²) in [7, 11) is 1.26. The average molecular weight is 349 g/mol. The van der Waals surface area contributed by atoms with Crippen LogP contribution in [0.4, 0.5) is 4.79 Å². The monoisotopic (exact) mass is 348 g/mol. The fourth-order valence-corrected chi connectivity index (χ4v) is 2.12.